The van der Waals surface area contributed by atoms with Crippen LogP contribution < -0.4 is 60.6 Å². The molecule has 0 aliphatic heterocycles. The predicted molar refractivity (Wildman–Crippen MR) is 123 cm³/mol. The van der Waals surface area contributed by atoms with Crippen LogP contribution in [0.4, 0.5) is 11.4 Å². The number of anilines is 2. The first-order chi connectivity index (χ1) is 17.9. The molecule has 2 rings (SSSR count). The van der Waals surface area contributed by atoms with E-state index in [1.54, 1.807) is 60.7 Å². The van der Waals surface area contributed by atoms with Crippen molar-refractivity contribution in [3.8, 4) is 0 Å². The normalized spacial score (nSPS) is 9.65. The quantitative estimate of drug-likeness (QED) is 0.175. The molecule has 0 aromatic heterocycles. The van der Waals surface area contributed by atoms with Gasteiger partial charge < -0.3 is 50.2 Å². The summed E-state index contributed by atoms with van der Waals surface area (Å²) in [5, 5.41) is 46.8. The van der Waals surface area contributed by atoms with Gasteiger partial charge in [-0.15, -0.1) is 0 Å². The monoisotopic (exact) mass is 709 g/mol. The van der Waals surface area contributed by atoms with Crippen molar-refractivity contribution in [2.24, 2.45) is 0 Å². The van der Waals surface area contributed by atoms with E-state index in [-0.39, 0.29) is 82.6 Å². The van der Waals surface area contributed by atoms with Crippen molar-refractivity contribution >= 4 is 47.1 Å². The Labute approximate surface area is 283 Å². The van der Waals surface area contributed by atoms with Crippen LogP contribution in [0.5, 0.6) is 0 Å². The van der Waals surface area contributed by atoms with Crippen LogP contribution in [0, 0.1) is 39.9 Å². The molecule has 0 saturated heterocycles. The largest absolute Gasteiger partial charge is 3.00 e. The van der Waals surface area contributed by atoms with Crippen molar-refractivity contribution in [2.75, 3.05) is 49.9 Å². The van der Waals surface area contributed by atoms with Gasteiger partial charge in [-0.25, -0.2) is 0 Å². The number of carbonyl (C=O) groups is 6. The van der Waals surface area contributed by atoms with Crippen molar-refractivity contribution in [1.82, 2.24) is 9.80 Å². The van der Waals surface area contributed by atoms with Crippen molar-refractivity contribution in [3.63, 3.8) is 0 Å². The van der Waals surface area contributed by atoms with Gasteiger partial charge >= 0.3 is 69.5 Å². The standard InChI is InChI=1S/2C12H14N2O5.Gd.Na/c2*15-10(13-9-4-2-1-3-5-9)6-14(7-11(16)17)8-12(18)19;;/h2*1-5H,6-8H2,(H,13,15)(H,16,17)(H,18,19);;/q;;+3;+1/p-4. The number of hydrogen-bond donors (Lipinski definition) is 2. The van der Waals surface area contributed by atoms with E-state index < -0.39 is 61.9 Å². The van der Waals surface area contributed by atoms with Crippen molar-refractivity contribution in [1.29, 1.82) is 0 Å². The third kappa shape index (κ3) is 20.4. The van der Waals surface area contributed by atoms with E-state index in [1.165, 1.54) is 0 Å². The fourth-order valence-electron chi connectivity index (χ4n) is 2.92. The van der Waals surface area contributed by atoms with E-state index in [0.29, 0.717) is 11.4 Å². The third-order valence-electron chi connectivity index (χ3n) is 4.26. The molecular weight excluding hydrogens is 685 g/mol. The number of carbonyl (C=O) groups excluding carboxylic acids is 6. The maximum atomic E-state index is 11.6. The van der Waals surface area contributed by atoms with Crippen LogP contribution in [0.25, 0.3) is 0 Å². The molecule has 0 aliphatic carbocycles. The van der Waals surface area contributed by atoms with Gasteiger partial charge in [0, 0.05) is 37.6 Å². The molecule has 40 heavy (non-hydrogen) atoms. The maximum Gasteiger partial charge on any atom is 3.00 e. The second-order valence-electron chi connectivity index (χ2n) is 7.61. The van der Waals surface area contributed by atoms with E-state index in [1.807, 2.05) is 0 Å². The minimum Gasteiger partial charge on any atom is -0.549 e. The van der Waals surface area contributed by atoms with Crippen LogP contribution in [0.3, 0.4) is 0 Å². The molecule has 0 bridgehead atoms. The third-order valence-corrected chi connectivity index (χ3v) is 4.26. The van der Waals surface area contributed by atoms with E-state index >= 15 is 0 Å². The van der Waals surface area contributed by atoms with E-state index in [2.05, 4.69) is 10.6 Å². The number of aliphatic carboxylic acids is 4. The summed E-state index contributed by atoms with van der Waals surface area (Å²) in [6.07, 6.45) is 0. The SMILES string of the molecule is O=C([O-])CN(CC(=O)[O-])CC(=O)Nc1ccccc1.O=C([O-])CN(CC(=O)[O-])CC(=O)Nc1ccccc1.[Gd+3].[Na+]. The summed E-state index contributed by atoms with van der Waals surface area (Å²) in [5.41, 5.74) is 1.07. The van der Waals surface area contributed by atoms with Gasteiger partial charge in [0.15, 0.2) is 0 Å². The molecule has 2 aromatic carbocycles. The molecule has 2 amide bonds. The second-order valence-corrected chi connectivity index (χ2v) is 7.61. The minimum absolute atomic E-state index is 0. The number of carboxylic acid groups (broad SMARTS) is 4. The Morgan fingerprint density at radius 3 is 0.975 bits per heavy atom. The van der Waals surface area contributed by atoms with Gasteiger partial charge in [0.1, 0.15) is 0 Å². The van der Waals surface area contributed by atoms with Crippen LogP contribution in [0.1, 0.15) is 0 Å². The van der Waals surface area contributed by atoms with Crippen molar-refractivity contribution in [2.45, 2.75) is 0 Å². The summed E-state index contributed by atoms with van der Waals surface area (Å²) in [4.78, 5) is 66.8. The maximum absolute atomic E-state index is 11.6. The summed E-state index contributed by atoms with van der Waals surface area (Å²) in [6, 6.07) is 17.0. The second kappa shape index (κ2) is 22.2. The topological polar surface area (TPSA) is 225 Å². The number of rotatable bonds is 14. The van der Waals surface area contributed by atoms with E-state index in [9.17, 15) is 49.2 Å². The number of carboxylic acids is 4. The molecule has 0 unspecified atom stereocenters. The Hall–Kier alpha value is -2.50. The Kier molecular flexibility index (Phi) is 22.0. The van der Waals surface area contributed by atoms with Crippen molar-refractivity contribution in [3.05, 3.63) is 60.7 Å². The number of nitrogens with one attached hydrogen (secondary N) is 2. The summed E-state index contributed by atoms with van der Waals surface area (Å²) in [5.74, 6) is -6.90. The molecule has 2 aromatic rings. The Morgan fingerprint density at radius 1 is 0.500 bits per heavy atom. The summed E-state index contributed by atoms with van der Waals surface area (Å²) in [7, 11) is 0. The fourth-order valence-corrected chi connectivity index (χ4v) is 2.92. The van der Waals surface area contributed by atoms with Crippen LogP contribution in [-0.2, 0) is 28.8 Å². The zero-order chi connectivity index (χ0) is 28.5. The Balaban J connectivity index is 0. The molecule has 0 fully saturated rings. The molecule has 0 spiro atoms. The molecule has 0 aliphatic rings. The van der Waals surface area contributed by atoms with Gasteiger partial charge in [-0.05, 0) is 24.3 Å². The predicted octanol–water partition coefficient (Wildman–Crippen LogP) is -8.14. The molecule has 16 heteroatoms. The van der Waals surface area contributed by atoms with Gasteiger partial charge in [-0.2, -0.15) is 0 Å². The first-order valence-electron chi connectivity index (χ1n) is 10.9. The average molecular weight is 709 g/mol. The Bertz CT molecular complexity index is 990. The van der Waals surface area contributed by atoms with E-state index in [4.69, 9.17) is 0 Å². The molecule has 0 saturated carbocycles. The van der Waals surface area contributed by atoms with Gasteiger partial charge in [0.2, 0.25) is 11.8 Å². The first kappa shape index (κ1) is 39.6. The molecule has 0 heterocycles. The van der Waals surface area contributed by atoms with Crippen LogP contribution in [0.15, 0.2) is 60.7 Å². The van der Waals surface area contributed by atoms with Crippen LogP contribution >= 0.6 is 0 Å². The average Bonchev–Trinajstić information content (AvgIpc) is 2.79. The van der Waals surface area contributed by atoms with Crippen LogP contribution in [0.2, 0.25) is 0 Å². The molecule has 0 atom stereocenters. The molecule has 2 N–H and O–H groups in total. The molecule has 14 nitrogen and oxygen atoms in total. The Morgan fingerprint density at radius 2 is 0.750 bits per heavy atom. The van der Waals surface area contributed by atoms with Crippen LogP contribution in [-0.4, -0.2) is 84.8 Å². The smallest absolute Gasteiger partial charge is 0.549 e. The number of amides is 2. The van der Waals surface area contributed by atoms with Gasteiger partial charge in [0.25, 0.3) is 0 Å². The molecule has 209 valence electrons. The molecular formula is C24H24GdN4NaO10. The summed E-state index contributed by atoms with van der Waals surface area (Å²) >= 11 is 0. The number of hydrogen-bond acceptors (Lipinski definition) is 12. The number of para-hydroxylation sites is 2. The van der Waals surface area contributed by atoms with E-state index in [0.717, 1.165) is 9.80 Å². The zero-order valence-corrected chi connectivity index (χ0v) is 25.6. The fraction of sp³-hybridized carbons (Fsp3) is 0.250. The molecule has 1 radical (unpaired) electrons. The summed E-state index contributed by atoms with van der Waals surface area (Å²) < 4.78 is 0. The minimum atomic E-state index is -1.46. The van der Waals surface area contributed by atoms with Gasteiger partial charge in [0.05, 0.1) is 37.0 Å². The summed E-state index contributed by atoms with van der Waals surface area (Å²) in [6.45, 7) is -3.38. The number of benzene rings is 2. The van der Waals surface area contributed by atoms with Crippen molar-refractivity contribution < 1.29 is 119 Å². The first-order valence-corrected chi connectivity index (χ1v) is 10.9. The number of nitrogens with zero attached hydrogens (tertiary/aromatic N) is 2. The van der Waals surface area contributed by atoms with Gasteiger partial charge in [-0.1, -0.05) is 36.4 Å². The van der Waals surface area contributed by atoms with Gasteiger partial charge in [-0.3, -0.25) is 19.4 Å². The zero-order valence-electron chi connectivity index (χ0n) is 21.3.